The molecule has 1 N–H and O–H groups in total. The summed E-state index contributed by atoms with van der Waals surface area (Å²) in [6, 6.07) is 0. The summed E-state index contributed by atoms with van der Waals surface area (Å²) in [6.45, 7) is 6.44. The van der Waals surface area contributed by atoms with Gasteiger partial charge >= 0.3 is 0 Å². The first-order valence-electron chi connectivity index (χ1n) is 5.04. The summed E-state index contributed by atoms with van der Waals surface area (Å²) in [4.78, 5) is 24.4. The van der Waals surface area contributed by atoms with Crippen LogP contribution in [-0.4, -0.2) is 35.3 Å². The first-order chi connectivity index (χ1) is 6.47. The van der Waals surface area contributed by atoms with Gasteiger partial charge in [0, 0.05) is 5.54 Å². The summed E-state index contributed by atoms with van der Waals surface area (Å²) >= 11 is 0. The largest absolute Gasteiger partial charge is 0.345 e. The average Bonchev–Trinajstić information content (AvgIpc) is 2.09. The Balaban J connectivity index is 2.73. The Kier molecular flexibility index (Phi) is 3.13. The Hall–Kier alpha value is -1.06. The van der Waals surface area contributed by atoms with Gasteiger partial charge in [-0.05, 0) is 20.3 Å². The molecule has 1 rings (SSSR count). The molecule has 14 heavy (non-hydrogen) atoms. The number of hydrogen-bond donors (Lipinski definition) is 1. The van der Waals surface area contributed by atoms with Crippen LogP contribution in [0.5, 0.6) is 0 Å². The van der Waals surface area contributed by atoms with E-state index in [1.165, 1.54) is 0 Å². The molecule has 0 aliphatic carbocycles. The Morgan fingerprint density at radius 3 is 2.64 bits per heavy atom. The van der Waals surface area contributed by atoms with Crippen LogP contribution < -0.4 is 5.32 Å². The lowest BCUT2D eigenvalue weighted by atomic mass is 9.95. The first kappa shape index (κ1) is 11.0. The fraction of sp³-hybridized carbons (Fsp3) is 0.800. The zero-order valence-electron chi connectivity index (χ0n) is 9.09. The highest BCUT2D eigenvalue weighted by Crippen LogP contribution is 2.21. The molecule has 0 spiro atoms. The quantitative estimate of drug-likeness (QED) is 0.719. The number of rotatable bonds is 3. The van der Waals surface area contributed by atoms with Crippen LogP contribution in [0.2, 0.25) is 0 Å². The second-order valence-corrected chi connectivity index (χ2v) is 4.32. The number of carbonyl (C=O) groups is 2. The second kappa shape index (κ2) is 3.98. The van der Waals surface area contributed by atoms with Crippen LogP contribution in [-0.2, 0) is 9.59 Å². The van der Waals surface area contributed by atoms with Crippen LogP contribution in [0.1, 0.15) is 33.6 Å². The van der Waals surface area contributed by atoms with E-state index < -0.39 is 0 Å². The van der Waals surface area contributed by atoms with Crippen LogP contribution in [0.25, 0.3) is 0 Å². The average molecular weight is 198 g/mol. The Morgan fingerprint density at radius 1 is 1.43 bits per heavy atom. The molecule has 0 aromatic carbocycles. The topological polar surface area (TPSA) is 49.4 Å². The molecule has 0 aromatic heterocycles. The van der Waals surface area contributed by atoms with Crippen molar-refractivity contribution in [2.24, 2.45) is 0 Å². The van der Waals surface area contributed by atoms with Gasteiger partial charge in [0.2, 0.25) is 11.8 Å². The summed E-state index contributed by atoms with van der Waals surface area (Å²) in [5, 5.41) is 2.55. The van der Waals surface area contributed by atoms with E-state index in [0.29, 0.717) is 0 Å². The minimum Gasteiger partial charge on any atom is -0.345 e. The van der Waals surface area contributed by atoms with E-state index >= 15 is 0 Å². The molecule has 0 atom stereocenters. The predicted molar refractivity (Wildman–Crippen MR) is 53.7 cm³/mol. The maximum Gasteiger partial charge on any atom is 0.242 e. The summed E-state index contributed by atoms with van der Waals surface area (Å²) in [6.07, 6.45) is 1.93. The maximum absolute atomic E-state index is 11.6. The van der Waals surface area contributed by atoms with E-state index in [0.717, 1.165) is 12.8 Å². The summed E-state index contributed by atoms with van der Waals surface area (Å²) < 4.78 is 0. The fourth-order valence-corrected chi connectivity index (χ4v) is 1.86. The molecule has 0 unspecified atom stereocenters. The van der Waals surface area contributed by atoms with E-state index in [1.54, 1.807) is 4.90 Å². The molecule has 4 nitrogen and oxygen atoms in total. The van der Waals surface area contributed by atoms with Crippen molar-refractivity contribution in [2.45, 2.75) is 39.2 Å². The third-order valence-corrected chi connectivity index (χ3v) is 2.63. The minimum absolute atomic E-state index is 0.0167. The predicted octanol–water partition coefficient (Wildman–Crippen LogP) is 0.523. The lowest BCUT2D eigenvalue weighted by Crippen LogP contribution is -2.59. The number of piperazine rings is 1. The zero-order valence-corrected chi connectivity index (χ0v) is 9.09. The second-order valence-electron chi connectivity index (χ2n) is 4.32. The van der Waals surface area contributed by atoms with Crippen molar-refractivity contribution in [1.82, 2.24) is 10.2 Å². The van der Waals surface area contributed by atoms with E-state index in [4.69, 9.17) is 0 Å². The molecular weight excluding hydrogens is 180 g/mol. The molecule has 2 amide bonds. The van der Waals surface area contributed by atoms with Crippen molar-refractivity contribution in [3.63, 3.8) is 0 Å². The monoisotopic (exact) mass is 198 g/mol. The Bertz CT molecular complexity index is 249. The fourth-order valence-electron chi connectivity index (χ4n) is 1.86. The highest BCUT2D eigenvalue weighted by molar-refractivity contribution is 5.92. The lowest BCUT2D eigenvalue weighted by molar-refractivity contribution is -0.146. The van der Waals surface area contributed by atoms with Crippen molar-refractivity contribution in [3.8, 4) is 0 Å². The number of nitrogens with zero attached hydrogens (tertiary/aromatic N) is 1. The van der Waals surface area contributed by atoms with Gasteiger partial charge in [-0.2, -0.15) is 0 Å². The smallest absolute Gasteiger partial charge is 0.242 e. The molecule has 1 aliphatic heterocycles. The van der Waals surface area contributed by atoms with Crippen molar-refractivity contribution >= 4 is 11.8 Å². The SMILES string of the molecule is CCCC(C)(C)N1CC(=O)NCC1=O. The lowest BCUT2D eigenvalue weighted by Gasteiger charge is -2.40. The van der Waals surface area contributed by atoms with Crippen molar-refractivity contribution in [1.29, 1.82) is 0 Å². The summed E-state index contributed by atoms with van der Waals surface area (Å²) in [5.74, 6) is -0.0446. The van der Waals surface area contributed by atoms with Gasteiger partial charge in [0.25, 0.3) is 0 Å². The third-order valence-electron chi connectivity index (χ3n) is 2.63. The van der Waals surface area contributed by atoms with Crippen LogP contribution in [0.4, 0.5) is 0 Å². The van der Waals surface area contributed by atoms with Crippen molar-refractivity contribution < 1.29 is 9.59 Å². The van der Waals surface area contributed by atoms with E-state index in [1.807, 2.05) is 13.8 Å². The molecule has 0 bridgehead atoms. The van der Waals surface area contributed by atoms with E-state index in [9.17, 15) is 9.59 Å². The van der Waals surface area contributed by atoms with Gasteiger partial charge < -0.3 is 10.2 Å². The molecule has 1 heterocycles. The van der Waals surface area contributed by atoms with Gasteiger partial charge in [0.05, 0.1) is 6.54 Å². The molecule has 1 fully saturated rings. The molecule has 0 saturated carbocycles. The number of hydrogen-bond acceptors (Lipinski definition) is 2. The highest BCUT2D eigenvalue weighted by Gasteiger charge is 2.34. The number of amides is 2. The minimum atomic E-state index is -0.205. The van der Waals surface area contributed by atoms with E-state index in [2.05, 4.69) is 12.2 Å². The van der Waals surface area contributed by atoms with Gasteiger partial charge in [-0.15, -0.1) is 0 Å². The van der Waals surface area contributed by atoms with Crippen LogP contribution >= 0.6 is 0 Å². The third kappa shape index (κ3) is 2.25. The maximum atomic E-state index is 11.6. The van der Waals surface area contributed by atoms with Crippen LogP contribution in [0.15, 0.2) is 0 Å². The highest BCUT2D eigenvalue weighted by atomic mass is 16.2. The standard InChI is InChI=1S/C10H18N2O2/c1-4-5-10(2,3)12-7-8(13)11-6-9(12)14/h4-7H2,1-3H3,(H,11,13). The molecule has 80 valence electrons. The molecule has 1 aliphatic rings. The molecule has 0 aromatic rings. The van der Waals surface area contributed by atoms with Gasteiger partial charge in [-0.3, -0.25) is 9.59 Å². The summed E-state index contributed by atoms with van der Waals surface area (Å²) in [7, 11) is 0. The molecule has 4 heteroatoms. The molecule has 0 radical (unpaired) electrons. The van der Waals surface area contributed by atoms with Crippen LogP contribution in [0.3, 0.4) is 0 Å². The van der Waals surface area contributed by atoms with Crippen molar-refractivity contribution in [3.05, 3.63) is 0 Å². The van der Waals surface area contributed by atoms with Crippen molar-refractivity contribution in [2.75, 3.05) is 13.1 Å². The van der Waals surface area contributed by atoms with Gasteiger partial charge in [0.15, 0.2) is 0 Å². The zero-order chi connectivity index (χ0) is 10.8. The van der Waals surface area contributed by atoms with Crippen LogP contribution in [0, 0.1) is 0 Å². The van der Waals surface area contributed by atoms with E-state index in [-0.39, 0.29) is 30.4 Å². The van der Waals surface area contributed by atoms with Gasteiger partial charge in [-0.25, -0.2) is 0 Å². The molecular formula is C10H18N2O2. The van der Waals surface area contributed by atoms with Gasteiger partial charge in [-0.1, -0.05) is 13.3 Å². The Morgan fingerprint density at radius 2 is 2.07 bits per heavy atom. The summed E-state index contributed by atoms with van der Waals surface area (Å²) in [5.41, 5.74) is -0.205. The van der Waals surface area contributed by atoms with Gasteiger partial charge in [0.1, 0.15) is 6.54 Å². The number of carbonyl (C=O) groups excluding carboxylic acids is 2. The number of nitrogens with one attached hydrogen (secondary N) is 1. The Labute approximate surface area is 84.7 Å². The normalized spacial score (nSPS) is 18.4. The molecule has 1 saturated heterocycles. The first-order valence-corrected chi connectivity index (χ1v) is 5.04.